The molecule has 1 aromatic carbocycles. The first-order valence-electron chi connectivity index (χ1n) is 5.42. The Kier molecular flexibility index (Phi) is 3.15. The number of hydrogen-bond donors (Lipinski definition) is 2. The maximum Gasteiger partial charge on any atom is 0.126 e. The normalized spacial score (nSPS) is 14.4. The molecule has 0 bridgehead atoms. The summed E-state index contributed by atoms with van der Waals surface area (Å²) in [7, 11) is 0. The summed E-state index contributed by atoms with van der Waals surface area (Å²) < 4.78 is 0. The quantitative estimate of drug-likeness (QED) is 0.755. The molecule has 0 aromatic heterocycles. The highest BCUT2D eigenvalue weighted by atomic mass is 16.3. The summed E-state index contributed by atoms with van der Waals surface area (Å²) in [5.41, 5.74) is 2.42. The van der Waals surface area contributed by atoms with Crippen LogP contribution in [-0.2, 0) is 0 Å². The number of phenolic OH excluding ortho intramolecular Hbond substituents is 1. The van der Waals surface area contributed by atoms with E-state index in [1.807, 2.05) is 37.3 Å². The lowest BCUT2D eigenvalue weighted by Gasteiger charge is -2.03. The zero-order chi connectivity index (χ0) is 12.3. The van der Waals surface area contributed by atoms with E-state index < -0.39 is 0 Å². The maximum atomic E-state index is 9.86. The minimum Gasteiger partial charge on any atom is -0.507 e. The Labute approximate surface area is 101 Å². The number of aliphatic hydroxyl groups excluding tert-OH is 1. The van der Waals surface area contributed by atoms with Gasteiger partial charge in [-0.05, 0) is 36.3 Å². The average Bonchev–Trinajstić information content (AvgIpc) is 2.78. The molecule has 0 unspecified atom stereocenters. The van der Waals surface area contributed by atoms with Crippen LogP contribution in [0.3, 0.4) is 0 Å². The van der Waals surface area contributed by atoms with Crippen molar-refractivity contribution >= 4 is 5.76 Å². The van der Waals surface area contributed by atoms with Crippen LogP contribution in [0.4, 0.5) is 0 Å². The van der Waals surface area contributed by atoms with Gasteiger partial charge in [0.1, 0.15) is 11.5 Å². The third-order valence-electron chi connectivity index (χ3n) is 2.55. The van der Waals surface area contributed by atoms with Crippen molar-refractivity contribution in [2.75, 3.05) is 0 Å². The Hall–Kier alpha value is -2.22. The lowest BCUT2D eigenvalue weighted by atomic mass is 10.1. The van der Waals surface area contributed by atoms with Crippen molar-refractivity contribution in [3.8, 4) is 5.75 Å². The van der Waals surface area contributed by atoms with Crippen LogP contribution >= 0.6 is 0 Å². The monoisotopic (exact) mass is 226 g/mol. The Morgan fingerprint density at radius 2 is 1.88 bits per heavy atom. The fourth-order valence-corrected chi connectivity index (χ4v) is 1.62. The first-order chi connectivity index (χ1) is 8.16. The number of rotatable bonds is 2. The molecule has 0 saturated heterocycles. The van der Waals surface area contributed by atoms with Crippen LogP contribution in [0, 0.1) is 6.92 Å². The lowest BCUT2D eigenvalue weighted by molar-refractivity contribution is 0.460. The van der Waals surface area contributed by atoms with Crippen LogP contribution in [0.1, 0.15) is 11.1 Å². The van der Waals surface area contributed by atoms with E-state index in [1.165, 1.54) is 0 Å². The molecule has 0 spiro atoms. The van der Waals surface area contributed by atoms with E-state index in [0.717, 1.165) is 11.1 Å². The van der Waals surface area contributed by atoms with Gasteiger partial charge in [0.05, 0.1) is 5.56 Å². The van der Waals surface area contributed by atoms with Crippen LogP contribution in [0.25, 0.3) is 5.76 Å². The molecule has 86 valence electrons. The Balaban J connectivity index is 2.27. The predicted molar refractivity (Wildman–Crippen MR) is 69.8 cm³/mol. The molecule has 0 heterocycles. The molecular weight excluding hydrogens is 212 g/mol. The molecule has 2 nitrogen and oxygen atoms in total. The van der Waals surface area contributed by atoms with Gasteiger partial charge >= 0.3 is 0 Å². The zero-order valence-electron chi connectivity index (χ0n) is 9.59. The minimum atomic E-state index is 0.0590. The first kappa shape index (κ1) is 11.3. The van der Waals surface area contributed by atoms with Crippen molar-refractivity contribution in [1.29, 1.82) is 0 Å². The molecule has 1 aromatic rings. The molecule has 2 N–H and O–H groups in total. The van der Waals surface area contributed by atoms with Crippen molar-refractivity contribution in [3.63, 3.8) is 0 Å². The van der Waals surface area contributed by atoms with Crippen LogP contribution in [-0.4, -0.2) is 10.2 Å². The van der Waals surface area contributed by atoms with Gasteiger partial charge in [-0.2, -0.15) is 0 Å². The summed E-state index contributed by atoms with van der Waals surface area (Å²) in [5, 5.41) is 19.6. The molecule has 0 fully saturated rings. The number of aryl methyl sites for hydroxylation is 1. The Bertz CT molecular complexity index is 532. The summed E-state index contributed by atoms with van der Waals surface area (Å²) in [5.74, 6) is 0.151. The molecule has 2 rings (SSSR count). The third kappa shape index (κ3) is 2.67. The molecule has 17 heavy (non-hydrogen) atoms. The van der Waals surface area contributed by atoms with Gasteiger partial charge in [-0.3, -0.25) is 0 Å². The fourth-order valence-electron chi connectivity index (χ4n) is 1.62. The highest BCUT2D eigenvalue weighted by Crippen LogP contribution is 2.24. The second-order valence-electron chi connectivity index (χ2n) is 3.96. The van der Waals surface area contributed by atoms with Gasteiger partial charge < -0.3 is 10.2 Å². The van der Waals surface area contributed by atoms with Gasteiger partial charge in [-0.1, -0.05) is 36.4 Å². The summed E-state index contributed by atoms with van der Waals surface area (Å²) >= 11 is 0. The molecule has 2 heteroatoms. The van der Waals surface area contributed by atoms with E-state index in [4.69, 9.17) is 0 Å². The first-order valence-corrected chi connectivity index (χ1v) is 5.42. The lowest BCUT2D eigenvalue weighted by Crippen LogP contribution is -1.84. The van der Waals surface area contributed by atoms with Crippen molar-refractivity contribution in [1.82, 2.24) is 0 Å². The highest BCUT2D eigenvalue weighted by Gasteiger charge is 2.04. The maximum absolute atomic E-state index is 9.86. The van der Waals surface area contributed by atoms with E-state index in [2.05, 4.69) is 0 Å². The minimum absolute atomic E-state index is 0.0590. The molecular formula is C15H14O2. The summed E-state index contributed by atoms with van der Waals surface area (Å²) in [6, 6.07) is 5.18. The van der Waals surface area contributed by atoms with Gasteiger partial charge in [0.25, 0.3) is 0 Å². The van der Waals surface area contributed by atoms with Crippen molar-refractivity contribution < 1.29 is 10.2 Å². The van der Waals surface area contributed by atoms with Gasteiger partial charge in [-0.25, -0.2) is 0 Å². The molecule has 0 atom stereocenters. The second-order valence-corrected chi connectivity index (χ2v) is 3.96. The van der Waals surface area contributed by atoms with E-state index in [1.54, 1.807) is 24.3 Å². The largest absolute Gasteiger partial charge is 0.507 e. The van der Waals surface area contributed by atoms with E-state index in [0.29, 0.717) is 5.56 Å². The molecule has 1 aliphatic rings. The smallest absolute Gasteiger partial charge is 0.126 e. The van der Waals surface area contributed by atoms with Crippen LogP contribution in [0.15, 0.2) is 60.2 Å². The van der Waals surface area contributed by atoms with Crippen molar-refractivity contribution in [2.45, 2.75) is 6.92 Å². The van der Waals surface area contributed by atoms with Crippen molar-refractivity contribution in [2.24, 2.45) is 0 Å². The number of hydrogen-bond acceptors (Lipinski definition) is 2. The van der Waals surface area contributed by atoms with E-state index in [9.17, 15) is 10.2 Å². The number of benzene rings is 1. The van der Waals surface area contributed by atoms with E-state index in [-0.39, 0.29) is 11.5 Å². The summed E-state index contributed by atoms with van der Waals surface area (Å²) in [6.07, 6.45) is 11.1. The average molecular weight is 226 g/mol. The van der Waals surface area contributed by atoms with Crippen LogP contribution in [0.2, 0.25) is 0 Å². The van der Waals surface area contributed by atoms with Crippen LogP contribution in [0.5, 0.6) is 5.75 Å². The third-order valence-corrected chi connectivity index (χ3v) is 2.55. The van der Waals surface area contributed by atoms with Gasteiger partial charge in [0.2, 0.25) is 0 Å². The fraction of sp³-hybridized carbons (Fsp3) is 0.0667. The van der Waals surface area contributed by atoms with Gasteiger partial charge in [0, 0.05) is 0 Å². The number of phenols is 1. The van der Waals surface area contributed by atoms with Gasteiger partial charge in [-0.15, -0.1) is 0 Å². The second kappa shape index (κ2) is 4.74. The SMILES string of the molecule is Cc1ccc(C(O)=CC=C2C=CC=C2)c(O)c1. The number of aromatic hydroxyl groups is 1. The summed E-state index contributed by atoms with van der Waals surface area (Å²) in [4.78, 5) is 0. The predicted octanol–water partition coefficient (Wildman–Crippen LogP) is 3.65. The topological polar surface area (TPSA) is 40.5 Å². The van der Waals surface area contributed by atoms with Gasteiger partial charge in [0.15, 0.2) is 0 Å². The van der Waals surface area contributed by atoms with Crippen molar-refractivity contribution in [3.05, 3.63) is 71.4 Å². The summed E-state index contributed by atoms with van der Waals surface area (Å²) in [6.45, 7) is 1.89. The number of aliphatic hydroxyl groups is 1. The number of allylic oxidation sites excluding steroid dienone is 7. The molecule has 0 saturated carbocycles. The molecule has 0 aliphatic heterocycles. The van der Waals surface area contributed by atoms with E-state index >= 15 is 0 Å². The molecule has 0 amide bonds. The molecule has 1 aliphatic carbocycles. The molecule has 0 radical (unpaired) electrons. The highest BCUT2D eigenvalue weighted by molar-refractivity contribution is 5.66. The standard InChI is InChI=1S/C15H14O2/c1-11-6-8-13(15(17)10-11)14(16)9-7-12-4-2-3-5-12/h2-10,16-17H,1H3. The zero-order valence-corrected chi connectivity index (χ0v) is 9.59. The van der Waals surface area contributed by atoms with Crippen LogP contribution < -0.4 is 0 Å². The Morgan fingerprint density at radius 3 is 2.53 bits per heavy atom. The Morgan fingerprint density at radius 1 is 1.18 bits per heavy atom.